The Morgan fingerprint density at radius 1 is 1.57 bits per heavy atom. The van der Waals surface area contributed by atoms with Crippen LogP contribution < -0.4 is 5.56 Å². The van der Waals surface area contributed by atoms with Crippen LogP contribution in [-0.4, -0.2) is 9.91 Å². The maximum absolute atomic E-state index is 12.2. The van der Waals surface area contributed by atoms with Crippen LogP contribution in [0.15, 0.2) is 10.9 Å². The molecule has 0 saturated heterocycles. The Morgan fingerprint density at radius 2 is 2.14 bits per heavy atom. The molecule has 0 saturated carbocycles. The van der Waals surface area contributed by atoms with Gasteiger partial charge in [-0.25, -0.2) is 18.6 Å². The summed E-state index contributed by atoms with van der Waals surface area (Å²) in [5.41, 5.74) is -1.83. The second-order valence-electron chi connectivity index (χ2n) is 2.31. The van der Waals surface area contributed by atoms with Gasteiger partial charge in [-0.15, -0.1) is 0 Å². The van der Waals surface area contributed by atoms with E-state index in [1.807, 2.05) is 0 Å². The van der Waals surface area contributed by atoms with Crippen molar-refractivity contribution in [2.45, 2.75) is 6.43 Å². The number of alkyl halides is 2. The summed E-state index contributed by atoms with van der Waals surface area (Å²) in [5, 5.41) is 9.51. The van der Waals surface area contributed by atoms with Gasteiger partial charge in [-0.2, -0.15) is 0 Å². The summed E-state index contributed by atoms with van der Waals surface area (Å²) in [7, 11) is 0. The molecule has 0 bridgehead atoms. The zero-order chi connectivity index (χ0) is 10.9. The lowest BCUT2D eigenvalue weighted by Gasteiger charge is -2.02. The van der Waals surface area contributed by atoms with Gasteiger partial charge in [0.2, 0.25) is 0 Å². The van der Waals surface area contributed by atoms with Gasteiger partial charge in [0.05, 0.1) is 5.56 Å². The minimum Gasteiger partial charge on any atom is -0.358 e. The van der Waals surface area contributed by atoms with E-state index in [9.17, 15) is 23.7 Å². The standard InChI is InChI=1S/C6H3ClF2N2O3/c7-4-2(5(8)9)1-3(12)10-6(4)11(13)14/h1,5H,(H,10,12). The summed E-state index contributed by atoms with van der Waals surface area (Å²) in [6.45, 7) is 0. The average molecular weight is 225 g/mol. The highest BCUT2D eigenvalue weighted by atomic mass is 35.5. The second-order valence-corrected chi connectivity index (χ2v) is 2.69. The van der Waals surface area contributed by atoms with E-state index in [0.29, 0.717) is 6.07 Å². The number of rotatable bonds is 2. The lowest BCUT2D eigenvalue weighted by molar-refractivity contribution is -0.389. The Bertz CT molecular complexity index is 432. The first-order valence-corrected chi connectivity index (χ1v) is 3.66. The predicted octanol–water partition coefficient (Wildman–Crippen LogP) is 1.87. The molecule has 5 nitrogen and oxygen atoms in total. The van der Waals surface area contributed by atoms with Crippen molar-refractivity contribution in [1.29, 1.82) is 0 Å². The number of H-pyrrole nitrogens is 1. The molecule has 1 aromatic rings. The average Bonchev–Trinajstić information content (AvgIpc) is 2.07. The van der Waals surface area contributed by atoms with Crippen molar-refractivity contribution in [2.24, 2.45) is 0 Å². The number of nitro groups is 1. The molecule has 1 N–H and O–H groups in total. The highest BCUT2D eigenvalue weighted by molar-refractivity contribution is 6.33. The number of aromatic amines is 1. The number of hydrogen-bond donors (Lipinski definition) is 1. The van der Waals surface area contributed by atoms with Gasteiger partial charge in [0.15, 0.2) is 0 Å². The maximum atomic E-state index is 12.2. The summed E-state index contributed by atoms with van der Waals surface area (Å²) in [5.74, 6) is -0.922. The van der Waals surface area contributed by atoms with Crippen LogP contribution in [0.25, 0.3) is 0 Å². The molecule has 0 aliphatic carbocycles. The van der Waals surface area contributed by atoms with E-state index in [1.54, 1.807) is 4.98 Å². The first-order chi connectivity index (χ1) is 6.43. The second kappa shape index (κ2) is 3.70. The Kier molecular flexibility index (Phi) is 2.80. The minimum absolute atomic E-state index is 0.528. The molecule has 1 heterocycles. The largest absolute Gasteiger partial charge is 0.358 e. The SMILES string of the molecule is O=c1cc(C(F)F)c(Cl)c([N+](=O)[O-])[nH]1. The first kappa shape index (κ1) is 10.6. The first-order valence-electron chi connectivity index (χ1n) is 3.28. The van der Waals surface area contributed by atoms with Crippen molar-refractivity contribution in [1.82, 2.24) is 4.98 Å². The normalized spacial score (nSPS) is 10.6. The van der Waals surface area contributed by atoms with Crippen molar-refractivity contribution in [2.75, 3.05) is 0 Å². The molecular weight excluding hydrogens is 222 g/mol. The van der Waals surface area contributed by atoms with Crippen LogP contribution in [0.5, 0.6) is 0 Å². The van der Waals surface area contributed by atoms with Crippen LogP contribution in [0, 0.1) is 10.1 Å². The quantitative estimate of drug-likeness (QED) is 0.615. The number of hydrogen-bond acceptors (Lipinski definition) is 3. The summed E-state index contributed by atoms with van der Waals surface area (Å²) < 4.78 is 24.4. The van der Waals surface area contributed by atoms with Gasteiger partial charge in [0.25, 0.3) is 6.43 Å². The number of aromatic nitrogens is 1. The third-order valence-electron chi connectivity index (χ3n) is 1.41. The molecule has 76 valence electrons. The van der Waals surface area contributed by atoms with Crippen LogP contribution >= 0.6 is 11.6 Å². The van der Waals surface area contributed by atoms with Crippen LogP contribution in [-0.2, 0) is 0 Å². The van der Waals surface area contributed by atoms with Crippen molar-refractivity contribution in [3.05, 3.63) is 37.1 Å². The van der Waals surface area contributed by atoms with E-state index in [4.69, 9.17) is 11.6 Å². The van der Waals surface area contributed by atoms with E-state index in [1.165, 1.54) is 0 Å². The van der Waals surface area contributed by atoms with Gasteiger partial charge < -0.3 is 10.1 Å². The number of pyridine rings is 1. The fraction of sp³-hybridized carbons (Fsp3) is 0.167. The topological polar surface area (TPSA) is 76.0 Å². The van der Waals surface area contributed by atoms with Gasteiger partial charge in [0, 0.05) is 6.07 Å². The van der Waals surface area contributed by atoms with E-state index < -0.39 is 33.3 Å². The number of nitrogens with zero attached hydrogens (tertiary/aromatic N) is 1. The van der Waals surface area contributed by atoms with Crippen molar-refractivity contribution in [3.8, 4) is 0 Å². The minimum atomic E-state index is -3.02. The van der Waals surface area contributed by atoms with Crippen LogP contribution in [0.1, 0.15) is 12.0 Å². The fourth-order valence-corrected chi connectivity index (χ4v) is 1.09. The molecule has 14 heavy (non-hydrogen) atoms. The van der Waals surface area contributed by atoms with Gasteiger partial charge in [0.1, 0.15) is 5.02 Å². The Balaban J connectivity index is 3.48. The molecule has 0 unspecified atom stereocenters. The smallest absolute Gasteiger partial charge is 0.342 e. The third-order valence-corrected chi connectivity index (χ3v) is 1.80. The highest BCUT2D eigenvalue weighted by Gasteiger charge is 2.22. The van der Waals surface area contributed by atoms with Gasteiger partial charge in [-0.05, 0) is 4.92 Å². The Morgan fingerprint density at radius 3 is 2.57 bits per heavy atom. The molecule has 0 fully saturated rings. The van der Waals surface area contributed by atoms with Crippen molar-refractivity contribution < 1.29 is 13.7 Å². The molecule has 0 radical (unpaired) electrons. The molecule has 0 atom stereocenters. The molecule has 1 aromatic heterocycles. The molecule has 0 spiro atoms. The number of halogens is 3. The molecule has 1 rings (SSSR count). The zero-order valence-corrected chi connectivity index (χ0v) is 7.22. The molecular formula is C6H3ClF2N2O3. The van der Waals surface area contributed by atoms with Crippen molar-refractivity contribution in [3.63, 3.8) is 0 Å². The van der Waals surface area contributed by atoms with Crippen LogP contribution in [0.3, 0.4) is 0 Å². The van der Waals surface area contributed by atoms with E-state index in [-0.39, 0.29) is 0 Å². The summed E-state index contributed by atoms with van der Waals surface area (Å²) in [6.07, 6.45) is -3.02. The molecule has 0 aliphatic rings. The molecule has 0 amide bonds. The molecule has 8 heteroatoms. The predicted molar refractivity (Wildman–Crippen MR) is 43.7 cm³/mol. The van der Waals surface area contributed by atoms with Crippen molar-refractivity contribution >= 4 is 17.4 Å². The maximum Gasteiger partial charge on any atom is 0.342 e. The van der Waals surface area contributed by atoms with E-state index >= 15 is 0 Å². The monoisotopic (exact) mass is 224 g/mol. The van der Waals surface area contributed by atoms with Gasteiger partial charge in [-0.1, -0.05) is 11.6 Å². The Hall–Kier alpha value is -1.50. The van der Waals surface area contributed by atoms with Gasteiger partial charge >= 0.3 is 11.4 Å². The number of nitrogens with one attached hydrogen (secondary N) is 1. The summed E-state index contributed by atoms with van der Waals surface area (Å²) in [4.78, 5) is 21.7. The lowest BCUT2D eigenvalue weighted by Crippen LogP contribution is -2.10. The summed E-state index contributed by atoms with van der Waals surface area (Å²) >= 11 is 5.28. The fourth-order valence-electron chi connectivity index (χ4n) is 0.834. The zero-order valence-electron chi connectivity index (χ0n) is 6.46. The molecule has 0 aromatic carbocycles. The van der Waals surface area contributed by atoms with Crippen LogP contribution in [0.4, 0.5) is 14.6 Å². The highest BCUT2D eigenvalue weighted by Crippen LogP contribution is 2.30. The summed E-state index contributed by atoms with van der Waals surface area (Å²) in [6, 6.07) is 0.528. The van der Waals surface area contributed by atoms with Gasteiger partial charge in [-0.3, -0.25) is 0 Å². The molecule has 0 aliphatic heterocycles. The lowest BCUT2D eigenvalue weighted by atomic mass is 10.2. The van der Waals surface area contributed by atoms with Crippen LogP contribution in [0.2, 0.25) is 5.02 Å². The van der Waals surface area contributed by atoms with E-state index in [2.05, 4.69) is 0 Å². The Labute approximate surface area is 80.5 Å². The third kappa shape index (κ3) is 1.87. The van der Waals surface area contributed by atoms with E-state index in [0.717, 1.165) is 0 Å².